The van der Waals surface area contributed by atoms with E-state index in [1.54, 1.807) is 16.9 Å². The second kappa shape index (κ2) is 10.0. The lowest BCUT2D eigenvalue weighted by Gasteiger charge is -2.20. The van der Waals surface area contributed by atoms with Gasteiger partial charge in [-0.25, -0.2) is 14.2 Å². The largest absolute Gasteiger partial charge is 0.456 e. The quantitative estimate of drug-likeness (QED) is 0.253. The van der Waals surface area contributed by atoms with E-state index in [-0.39, 0.29) is 12.2 Å². The summed E-state index contributed by atoms with van der Waals surface area (Å²) >= 11 is 0. The fraction of sp³-hybridized carbons (Fsp3) is 0.207. The van der Waals surface area contributed by atoms with Crippen LogP contribution in [-0.4, -0.2) is 37.2 Å². The molecule has 0 aliphatic heterocycles. The van der Waals surface area contributed by atoms with Crippen LogP contribution in [0.15, 0.2) is 73.2 Å². The molecule has 0 fully saturated rings. The number of halogens is 1. The molecule has 0 unspecified atom stereocenters. The minimum Gasteiger partial charge on any atom is -0.456 e. The number of nitrogens with zero attached hydrogens (tertiary/aromatic N) is 4. The number of benzene rings is 2. The molecule has 38 heavy (non-hydrogen) atoms. The van der Waals surface area contributed by atoms with Gasteiger partial charge in [-0.1, -0.05) is 18.2 Å². The highest BCUT2D eigenvalue weighted by Crippen LogP contribution is 2.27. The first-order valence-electron chi connectivity index (χ1n) is 12.1. The summed E-state index contributed by atoms with van der Waals surface area (Å²) in [5.74, 6) is -1.33. The van der Waals surface area contributed by atoms with Crippen molar-refractivity contribution >= 4 is 33.7 Å². The van der Waals surface area contributed by atoms with Crippen molar-refractivity contribution < 1.29 is 18.7 Å². The van der Waals surface area contributed by atoms with Crippen molar-refractivity contribution in [3.63, 3.8) is 0 Å². The molecule has 0 atom stereocenters. The standard InChI is InChI=1S/C29H26FN5O3/c1-29(2,3)38-28(37)22-11-18(12-25-21(22)13-19-7-4-5-9-24(19)34-25)16-35-17-20(14-33-35)27(36)32-15-26-23(30)8-6-10-31-26/h4-14,17H,15-16H2,1-3H3,(H,32,36). The second-order valence-corrected chi connectivity index (χ2v) is 9.93. The lowest BCUT2D eigenvalue weighted by molar-refractivity contribution is 0.00715. The van der Waals surface area contributed by atoms with Crippen LogP contribution in [0.3, 0.4) is 0 Å². The molecule has 9 heteroatoms. The first-order chi connectivity index (χ1) is 18.2. The predicted octanol–water partition coefficient (Wildman–Crippen LogP) is 5.05. The van der Waals surface area contributed by atoms with E-state index in [0.717, 1.165) is 16.5 Å². The van der Waals surface area contributed by atoms with Crippen molar-refractivity contribution in [1.82, 2.24) is 25.1 Å². The zero-order valence-corrected chi connectivity index (χ0v) is 21.2. The number of pyridine rings is 2. The molecule has 3 aromatic heterocycles. The Labute approximate surface area is 218 Å². The van der Waals surface area contributed by atoms with Gasteiger partial charge in [0.05, 0.1) is 47.1 Å². The van der Waals surface area contributed by atoms with Gasteiger partial charge < -0.3 is 10.1 Å². The third-order valence-electron chi connectivity index (χ3n) is 5.81. The molecule has 0 bridgehead atoms. The van der Waals surface area contributed by atoms with Gasteiger partial charge in [0.1, 0.15) is 11.4 Å². The van der Waals surface area contributed by atoms with Gasteiger partial charge in [0.2, 0.25) is 0 Å². The number of ether oxygens (including phenoxy) is 1. The van der Waals surface area contributed by atoms with Crippen LogP contribution in [0.5, 0.6) is 0 Å². The predicted molar refractivity (Wildman–Crippen MR) is 141 cm³/mol. The Balaban J connectivity index is 1.43. The first-order valence-corrected chi connectivity index (χ1v) is 12.1. The van der Waals surface area contributed by atoms with Gasteiger partial charge in [-0.05, 0) is 62.7 Å². The molecule has 0 radical (unpaired) electrons. The van der Waals surface area contributed by atoms with Crippen molar-refractivity contribution in [3.8, 4) is 0 Å². The molecule has 192 valence electrons. The zero-order valence-electron chi connectivity index (χ0n) is 21.2. The summed E-state index contributed by atoms with van der Waals surface area (Å²) < 4.78 is 21.1. The summed E-state index contributed by atoms with van der Waals surface area (Å²) in [6.45, 7) is 5.72. The lowest BCUT2D eigenvalue weighted by Crippen LogP contribution is -2.24. The average molecular weight is 512 g/mol. The third kappa shape index (κ3) is 5.51. The number of esters is 1. The number of amides is 1. The molecule has 8 nitrogen and oxygen atoms in total. The van der Waals surface area contributed by atoms with Crippen LogP contribution in [0.4, 0.5) is 4.39 Å². The maximum Gasteiger partial charge on any atom is 0.339 e. The highest BCUT2D eigenvalue weighted by molar-refractivity contribution is 6.07. The molecule has 0 saturated carbocycles. The van der Waals surface area contributed by atoms with E-state index in [9.17, 15) is 14.0 Å². The Morgan fingerprint density at radius 3 is 2.66 bits per heavy atom. The Bertz CT molecular complexity index is 1670. The molecular formula is C29H26FN5O3. The Kier molecular flexibility index (Phi) is 6.59. The van der Waals surface area contributed by atoms with Crippen LogP contribution in [0.25, 0.3) is 21.8 Å². The van der Waals surface area contributed by atoms with Crippen molar-refractivity contribution in [2.75, 3.05) is 0 Å². The minimum absolute atomic E-state index is 0.0414. The summed E-state index contributed by atoms with van der Waals surface area (Å²) in [7, 11) is 0. The number of para-hydroxylation sites is 1. The summed E-state index contributed by atoms with van der Waals surface area (Å²) in [4.78, 5) is 34.5. The van der Waals surface area contributed by atoms with Crippen molar-refractivity contribution in [3.05, 3.63) is 101 Å². The minimum atomic E-state index is -0.661. The number of nitrogens with one attached hydrogen (secondary N) is 1. The Hall–Kier alpha value is -4.66. The van der Waals surface area contributed by atoms with E-state index < -0.39 is 23.3 Å². The second-order valence-electron chi connectivity index (χ2n) is 9.93. The molecule has 1 amide bonds. The molecule has 1 N–H and O–H groups in total. The summed E-state index contributed by atoms with van der Waals surface area (Å²) in [5.41, 5.74) is 2.46. The molecule has 3 heterocycles. The lowest BCUT2D eigenvalue weighted by atomic mass is 10.0. The van der Waals surface area contributed by atoms with Crippen molar-refractivity contribution in [2.45, 2.75) is 39.5 Å². The van der Waals surface area contributed by atoms with Gasteiger partial charge in [-0.2, -0.15) is 5.10 Å². The van der Waals surface area contributed by atoms with Gasteiger partial charge in [0.25, 0.3) is 5.91 Å². The highest BCUT2D eigenvalue weighted by Gasteiger charge is 2.21. The molecular weight excluding hydrogens is 485 g/mol. The van der Waals surface area contributed by atoms with Gasteiger partial charge in [-0.3, -0.25) is 14.5 Å². The Morgan fingerprint density at radius 2 is 1.87 bits per heavy atom. The Morgan fingerprint density at radius 1 is 1.05 bits per heavy atom. The average Bonchev–Trinajstić information content (AvgIpc) is 3.34. The van der Waals surface area contributed by atoms with E-state index in [0.29, 0.717) is 28.6 Å². The highest BCUT2D eigenvalue weighted by atomic mass is 19.1. The monoisotopic (exact) mass is 511 g/mol. The van der Waals surface area contributed by atoms with Gasteiger partial charge in [0.15, 0.2) is 0 Å². The molecule has 5 rings (SSSR count). The van der Waals surface area contributed by atoms with Gasteiger partial charge in [-0.15, -0.1) is 0 Å². The van der Waals surface area contributed by atoms with Crippen molar-refractivity contribution in [1.29, 1.82) is 0 Å². The smallest absolute Gasteiger partial charge is 0.339 e. The topological polar surface area (TPSA) is 99.0 Å². The van der Waals surface area contributed by atoms with Crippen LogP contribution in [0.2, 0.25) is 0 Å². The third-order valence-corrected chi connectivity index (χ3v) is 5.81. The van der Waals surface area contributed by atoms with Crippen LogP contribution in [0.1, 0.15) is 52.7 Å². The molecule has 5 aromatic rings. The van der Waals surface area contributed by atoms with E-state index in [4.69, 9.17) is 9.72 Å². The number of carbonyl (C=O) groups is 2. The number of carbonyl (C=O) groups excluding carboxylic acids is 2. The number of fused-ring (bicyclic) bond motifs is 2. The normalized spacial score (nSPS) is 11.6. The zero-order chi connectivity index (χ0) is 26.9. The molecule has 0 aliphatic rings. The maximum atomic E-state index is 13.8. The number of aromatic nitrogens is 4. The van der Waals surface area contributed by atoms with E-state index in [1.165, 1.54) is 24.5 Å². The van der Waals surface area contributed by atoms with Crippen LogP contribution >= 0.6 is 0 Å². The molecule has 2 aromatic carbocycles. The van der Waals surface area contributed by atoms with Crippen LogP contribution in [-0.2, 0) is 17.8 Å². The fourth-order valence-electron chi connectivity index (χ4n) is 4.10. The first kappa shape index (κ1) is 25.0. The SMILES string of the molecule is CC(C)(C)OC(=O)c1cc(Cn2cc(C(=O)NCc3ncccc3F)cn2)cc2nc3ccccc3cc12. The fourth-order valence-corrected chi connectivity index (χ4v) is 4.10. The molecule has 0 aliphatic carbocycles. The van der Waals surface area contributed by atoms with Gasteiger partial charge in [0, 0.05) is 23.2 Å². The molecule has 0 spiro atoms. The van der Waals surface area contributed by atoms with E-state index in [2.05, 4.69) is 15.4 Å². The van der Waals surface area contributed by atoms with Crippen molar-refractivity contribution in [2.24, 2.45) is 0 Å². The van der Waals surface area contributed by atoms with E-state index >= 15 is 0 Å². The summed E-state index contributed by atoms with van der Waals surface area (Å²) in [6.07, 6.45) is 4.50. The summed E-state index contributed by atoms with van der Waals surface area (Å²) in [5, 5.41) is 8.57. The summed E-state index contributed by atoms with van der Waals surface area (Å²) in [6, 6.07) is 16.1. The maximum absolute atomic E-state index is 13.8. The van der Waals surface area contributed by atoms with Crippen LogP contribution < -0.4 is 5.32 Å². The number of hydrogen-bond acceptors (Lipinski definition) is 6. The molecule has 0 saturated heterocycles. The number of hydrogen-bond donors (Lipinski definition) is 1. The number of rotatable bonds is 6. The van der Waals surface area contributed by atoms with E-state index in [1.807, 2.05) is 57.2 Å². The van der Waals surface area contributed by atoms with Crippen LogP contribution in [0, 0.1) is 5.82 Å². The van der Waals surface area contributed by atoms with Gasteiger partial charge >= 0.3 is 5.97 Å².